The van der Waals surface area contributed by atoms with Crippen molar-refractivity contribution in [1.82, 2.24) is 39.3 Å². The van der Waals surface area contributed by atoms with Crippen LogP contribution in [0.25, 0.3) is 33.8 Å². The smallest absolute Gasteiger partial charge is 0.434 e. The van der Waals surface area contributed by atoms with Crippen molar-refractivity contribution in [3.05, 3.63) is 59.9 Å². The Bertz CT molecular complexity index is 1760. The van der Waals surface area contributed by atoms with Crippen LogP contribution in [0.5, 0.6) is 11.8 Å². The van der Waals surface area contributed by atoms with Crippen LogP contribution in [0.3, 0.4) is 0 Å². The molecule has 0 saturated heterocycles. The van der Waals surface area contributed by atoms with Crippen molar-refractivity contribution in [1.29, 1.82) is 0 Å². The lowest BCUT2D eigenvalue weighted by Gasteiger charge is -2.15. The van der Waals surface area contributed by atoms with Gasteiger partial charge in [0.05, 0.1) is 26.0 Å². The van der Waals surface area contributed by atoms with E-state index < -0.39 is 11.9 Å². The normalized spacial score (nSPS) is 14.5. The summed E-state index contributed by atoms with van der Waals surface area (Å²) < 4.78 is 54.6. The maximum atomic E-state index is 13.4. The number of rotatable bonds is 8. The molecule has 13 heteroatoms. The van der Waals surface area contributed by atoms with E-state index in [1.807, 2.05) is 32.9 Å². The minimum Gasteiger partial charge on any atom is -0.480 e. The van der Waals surface area contributed by atoms with E-state index in [9.17, 15) is 13.2 Å². The number of methoxy groups -OCH3 is 2. The van der Waals surface area contributed by atoms with Crippen molar-refractivity contribution in [2.24, 2.45) is 0 Å². The molecule has 0 bridgehead atoms. The van der Waals surface area contributed by atoms with Crippen molar-refractivity contribution in [3.8, 4) is 34.5 Å². The first kappa shape index (κ1) is 27.6. The van der Waals surface area contributed by atoms with E-state index >= 15 is 0 Å². The standard InChI is InChI=1S/C29H29F3N8O2/c1-15(2)39-13-21(29(30,31)32)36-25(39)19-10-6-17(7-11-19)16(3)40-26-20(27(38-40)41-4)12-33-24(37-26)22-23(18-8-9-18)34-14-35-28(22)42-5/h6-7,10-16,18H,8-9H2,1-5H3/t16-/m0/s1. The molecule has 4 aromatic heterocycles. The van der Waals surface area contributed by atoms with Gasteiger partial charge in [0.1, 0.15) is 23.1 Å². The fraction of sp³-hybridized carbons (Fsp3) is 0.379. The summed E-state index contributed by atoms with van der Waals surface area (Å²) in [5, 5.41) is 5.30. The van der Waals surface area contributed by atoms with Gasteiger partial charge in [0.2, 0.25) is 11.8 Å². The second-order valence-electron chi connectivity index (χ2n) is 10.5. The Kier molecular flexibility index (Phi) is 6.82. The number of benzene rings is 1. The van der Waals surface area contributed by atoms with Gasteiger partial charge >= 0.3 is 6.18 Å². The number of aromatic nitrogens is 8. The summed E-state index contributed by atoms with van der Waals surface area (Å²) in [6.45, 7) is 5.60. The quantitative estimate of drug-likeness (QED) is 0.213. The van der Waals surface area contributed by atoms with Crippen LogP contribution in [-0.4, -0.2) is 53.5 Å². The summed E-state index contributed by atoms with van der Waals surface area (Å²) >= 11 is 0. The Morgan fingerprint density at radius 1 is 0.929 bits per heavy atom. The first-order valence-corrected chi connectivity index (χ1v) is 13.6. The number of fused-ring (bicyclic) bond motifs is 1. The molecule has 1 saturated carbocycles. The molecule has 42 heavy (non-hydrogen) atoms. The molecule has 0 spiro atoms. The van der Waals surface area contributed by atoms with Gasteiger partial charge in [-0.05, 0) is 39.2 Å². The molecule has 10 nitrogen and oxygen atoms in total. The Morgan fingerprint density at radius 2 is 1.64 bits per heavy atom. The van der Waals surface area contributed by atoms with Crippen LogP contribution in [0.2, 0.25) is 0 Å². The van der Waals surface area contributed by atoms with E-state index in [1.54, 1.807) is 30.1 Å². The molecule has 0 amide bonds. The van der Waals surface area contributed by atoms with Gasteiger partial charge in [-0.1, -0.05) is 24.3 Å². The van der Waals surface area contributed by atoms with Gasteiger partial charge in [0.15, 0.2) is 17.2 Å². The highest BCUT2D eigenvalue weighted by Gasteiger charge is 2.35. The van der Waals surface area contributed by atoms with Gasteiger partial charge in [0.25, 0.3) is 0 Å². The van der Waals surface area contributed by atoms with Crippen molar-refractivity contribution in [3.63, 3.8) is 0 Å². The van der Waals surface area contributed by atoms with Gasteiger partial charge in [-0.3, -0.25) is 0 Å². The van der Waals surface area contributed by atoms with Gasteiger partial charge in [-0.2, -0.15) is 13.2 Å². The fourth-order valence-corrected chi connectivity index (χ4v) is 5.04. The van der Waals surface area contributed by atoms with E-state index in [0.29, 0.717) is 45.7 Å². The van der Waals surface area contributed by atoms with E-state index in [0.717, 1.165) is 30.3 Å². The van der Waals surface area contributed by atoms with Crippen LogP contribution in [0.4, 0.5) is 13.2 Å². The number of halogens is 3. The van der Waals surface area contributed by atoms with Crippen molar-refractivity contribution < 1.29 is 22.6 Å². The van der Waals surface area contributed by atoms with E-state index in [2.05, 4.69) is 25.0 Å². The molecule has 0 aliphatic heterocycles. The molecule has 218 valence electrons. The third-order valence-corrected chi connectivity index (χ3v) is 7.43. The topological polar surface area (TPSA) is 106 Å². The highest BCUT2D eigenvalue weighted by Crippen LogP contribution is 2.45. The third kappa shape index (κ3) is 4.82. The lowest BCUT2D eigenvalue weighted by molar-refractivity contribution is -0.140. The number of hydrogen-bond donors (Lipinski definition) is 0. The largest absolute Gasteiger partial charge is 0.480 e. The number of hydrogen-bond acceptors (Lipinski definition) is 8. The maximum Gasteiger partial charge on any atom is 0.434 e. The van der Waals surface area contributed by atoms with Gasteiger partial charge in [0, 0.05) is 29.9 Å². The molecular formula is C29H29F3N8O2. The molecule has 4 heterocycles. The summed E-state index contributed by atoms with van der Waals surface area (Å²) in [5.41, 5.74) is 2.59. The summed E-state index contributed by atoms with van der Waals surface area (Å²) in [7, 11) is 3.09. The molecule has 1 fully saturated rings. The Labute approximate surface area is 239 Å². The molecular weight excluding hydrogens is 549 g/mol. The van der Waals surface area contributed by atoms with E-state index in [-0.39, 0.29) is 17.9 Å². The van der Waals surface area contributed by atoms with Crippen molar-refractivity contribution in [2.75, 3.05) is 14.2 Å². The minimum absolute atomic E-state index is 0.201. The first-order valence-electron chi connectivity index (χ1n) is 13.6. The second-order valence-corrected chi connectivity index (χ2v) is 10.5. The lowest BCUT2D eigenvalue weighted by atomic mass is 10.1. The summed E-state index contributed by atoms with van der Waals surface area (Å²) in [5.74, 6) is 1.77. The highest BCUT2D eigenvalue weighted by atomic mass is 19.4. The molecule has 0 radical (unpaired) electrons. The van der Waals surface area contributed by atoms with E-state index in [4.69, 9.17) is 14.5 Å². The van der Waals surface area contributed by atoms with Gasteiger partial charge < -0.3 is 14.0 Å². The van der Waals surface area contributed by atoms with Gasteiger partial charge in [-0.25, -0.2) is 29.6 Å². The Hall–Kier alpha value is -4.55. The third-order valence-electron chi connectivity index (χ3n) is 7.43. The molecule has 0 N–H and O–H groups in total. The average Bonchev–Trinajstić information content (AvgIpc) is 3.61. The summed E-state index contributed by atoms with van der Waals surface area (Å²) in [4.78, 5) is 22.2. The van der Waals surface area contributed by atoms with Crippen LogP contribution in [0.1, 0.15) is 68.6 Å². The highest BCUT2D eigenvalue weighted by molar-refractivity contribution is 5.83. The fourth-order valence-electron chi connectivity index (χ4n) is 5.04. The van der Waals surface area contributed by atoms with Gasteiger partial charge in [-0.15, -0.1) is 5.10 Å². The first-order chi connectivity index (χ1) is 20.1. The minimum atomic E-state index is -4.53. The molecule has 0 unspecified atom stereocenters. The predicted octanol–water partition coefficient (Wildman–Crippen LogP) is 6.25. The summed E-state index contributed by atoms with van der Waals surface area (Å²) in [6, 6.07) is 6.74. The lowest BCUT2D eigenvalue weighted by Crippen LogP contribution is -2.10. The van der Waals surface area contributed by atoms with Crippen LogP contribution in [0, 0.1) is 0 Å². The zero-order valence-electron chi connectivity index (χ0n) is 23.7. The number of alkyl halides is 3. The predicted molar refractivity (Wildman–Crippen MR) is 148 cm³/mol. The average molecular weight is 579 g/mol. The SMILES string of the molecule is COc1ncnc(C2CC2)c1-c1ncc2c(OC)nn([C@@H](C)c3ccc(-c4nc(C(F)(F)F)cn4C(C)C)cc3)c2n1. The monoisotopic (exact) mass is 578 g/mol. The molecule has 5 aromatic rings. The van der Waals surface area contributed by atoms with Crippen LogP contribution in [-0.2, 0) is 6.18 Å². The Morgan fingerprint density at radius 3 is 2.26 bits per heavy atom. The van der Waals surface area contributed by atoms with Crippen LogP contribution < -0.4 is 9.47 Å². The summed E-state index contributed by atoms with van der Waals surface area (Å²) in [6.07, 6.45) is 1.75. The molecule has 1 aliphatic rings. The number of imidazole rings is 1. The Balaban J connectivity index is 1.40. The molecule has 1 aliphatic carbocycles. The maximum absolute atomic E-state index is 13.4. The number of ether oxygens (including phenoxy) is 2. The molecule has 1 atom stereocenters. The number of nitrogens with zero attached hydrogens (tertiary/aromatic N) is 8. The second kappa shape index (κ2) is 10.4. The van der Waals surface area contributed by atoms with Crippen LogP contribution >= 0.6 is 0 Å². The molecule has 1 aromatic carbocycles. The van der Waals surface area contributed by atoms with Crippen molar-refractivity contribution in [2.45, 2.75) is 57.8 Å². The van der Waals surface area contributed by atoms with Crippen LogP contribution in [0.15, 0.2) is 43.0 Å². The molecule has 6 rings (SSSR count). The zero-order valence-corrected chi connectivity index (χ0v) is 23.7. The van der Waals surface area contributed by atoms with E-state index in [1.165, 1.54) is 18.0 Å². The van der Waals surface area contributed by atoms with Crippen molar-refractivity contribution >= 4 is 11.0 Å². The zero-order chi connectivity index (χ0) is 29.8.